The molecule has 0 saturated carbocycles. The minimum atomic E-state index is -3.87. The number of hydrogen-bond acceptors (Lipinski definition) is 12. The molecule has 1 aromatic carbocycles. The molecule has 15 heteroatoms. The van der Waals surface area contributed by atoms with E-state index in [1.54, 1.807) is 10.9 Å². The van der Waals surface area contributed by atoms with E-state index in [4.69, 9.17) is 38.3 Å². The Kier molecular flexibility index (Phi) is 6.93. The number of aromatic nitrogens is 4. The molecule has 2 aromatic heterocycles. The fourth-order valence-electron chi connectivity index (χ4n) is 5.00. The molecule has 0 amide bonds. The Morgan fingerprint density at radius 1 is 1.34 bits per heavy atom. The first-order valence-electron chi connectivity index (χ1n) is 12.2. The van der Waals surface area contributed by atoms with Gasteiger partial charge in [-0.25, -0.2) is 9.55 Å². The Balaban J connectivity index is 1.22. The number of nitrogens with zero attached hydrogens (tertiary/aromatic N) is 4. The molecular weight excluding hydrogens is 585 g/mol. The van der Waals surface area contributed by atoms with Crippen LogP contribution in [0.25, 0.3) is 11.2 Å². The molecule has 5 heterocycles. The lowest BCUT2D eigenvalue weighted by molar-refractivity contribution is -0.131. The molecule has 3 fully saturated rings. The number of benzene rings is 1. The zero-order chi connectivity index (χ0) is 26.5. The van der Waals surface area contributed by atoms with Gasteiger partial charge in [-0.1, -0.05) is 28.1 Å². The fourth-order valence-corrected chi connectivity index (χ4v) is 6.81. The van der Waals surface area contributed by atoms with E-state index in [0.717, 1.165) is 10.0 Å². The van der Waals surface area contributed by atoms with Crippen molar-refractivity contribution in [1.82, 2.24) is 19.5 Å². The number of nitrogens with two attached hydrogens (primary N) is 1. The molecule has 0 spiro atoms. The quantitative estimate of drug-likeness (QED) is 0.386. The zero-order valence-electron chi connectivity index (χ0n) is 20.7. The first kappa shape index (κ1) is 26.1. The predicted molar refractivity (Wildman–Crippen MR) is 136 cm³/mol. The van der Waals surface area contributed by atoms with Crippen LogP contribution in [0.5, 0.6) is 5.88 Å². The molecule has 3 saturated heterocycles. The summed E-state index contributed by atoms with van der Waals surface area (Å²) in [5.74, 6) is 0.317. The van der Waals surface area contributed by atoms with E-state index < -0.39 is 38.0 Å². The van der Waals surface area contributed by atoms with Crippen LogP contribution >= 0.6 is 23.8 Å². The zero-order valence-corrected chi connectivity index (χ0v) is 23.2. The highest BCUT2D eigenvalue weighted by atomic mass is 79.9. The smallest absolute Gasteiger partial charge is 0.475 e. The van der Waals surface area contributed by atoms with Crippen molar-refractivity contribution in [3.05, 3.63) is 40.6 Å². The van der Waals surface area contributed by atoms with Crippen molar-refractivity contribution in [1.29, 1.82) is 0 Å². The highest BCUT2D eigenvalue weighted by molar-refractivity contribution is 9.10. The Morgan fingerprint density at radius 3 is 3.03 bits per heavy atom. The van der Waals surface area contributed by atoms with Crippen molar-refractivity contribution in [2.24, 2.45) is 0 Å². The summed E-state index contributed by atoms with van der Waals surface area (Å²) < 4.78 is 56.8. The molecule has 3 aliphatic rings. The van der Waals surface area contributed by atoms with Crippen LogP contribution in [0.4, 0.5) is 5.95 Å². The molecule has 3 aromatic rings. The number of anilines is 1. The van der Waals surface area contributed by atoms with Gasteiger partial charge in [0, 0.05) is 10.9 Å². The number of fused-ring (bicyclic) bond motifs is 2. The van der Waals surface area contributed by atoms with Gasteiger partial charge in [0.1, 0.15) is 24.6 Å². The maximum absolute atomic E-state index is 13.4. The van der Waals surface area contributed by atoms with Gasteiger partial charge in [-0.2, -0.15) is 9.97 Å². The van der Waals surface area contributed by atoms with E-state index in [0.29, 0.717) is 24.2 Å². The van der Waals surface area contributed by atoms with Crippen molar-refractivity contribution in [3.8, 4) is 5.88 Å². The average molecular weight is 612 g/mol. The van der Waals surface area contributed by atoms with E-state index in [1.807, 2.05) is 38.1 Å². The van der Waals surface area contributed by atoms with E-state index >= 15 is 0 Å². The Hall–Kier alpha value is -2.16. The lowest BCUT2D eigenvalue weighted by Gasteiger charge is -2.30. The van der Waals surface area contributed by atoms with Gasteiger partial charge >= 0.3 is 7.82 Å². The average Bonchev–Trinajstić information content (AvgIpc) is 3.55. The van der Waals surface area contributed by atoms with E-state index in [-0.39, 0.29) is 31.8 Å². The summed E-state index contributed by atoms with van der Waals surface area (Å²) in [5, 5.41) is 0. The highest BCUT2D eigenvalue weighted by Crippen LogP contribution is 2.58. The highest BCUT2D eigenvalue weighted by Gasteiger charge is 2.60. The number of hydrogen-bond donors (Lipinski definition) is 1. The van der Waals surface area contributed by atoms with Crippen LogP contribution in [-0.2, 0) is 32.3 Å². The van der Waals surface area contributed by atoms with Crippen LogP contribution < -0.4 is 10.5 Å². The van der Waals surface area contributed by atoms with E-state index in [2.05, 4.69) is 30.9 Å². The van der Waals surface area contributed by atoms with E-state index in [9.17, 15) is 4.57 Å². The molecule has 0 aliphatic carbocycles. The molecule has 0 radical (unpaired) electrons. The summed E-state index contributed by atoms with van der Waals surface area (Å²) in [5.41, 5.74) is 6.75. The first-order valence-corrected chi connectivity index (χ1v) is 14.4. The van der Waals surface area contributed by atoms with Gasteiger partial charge in [-0.3, -0.25) is 18.1 Å². The summed E-state index contributed by atoms with van der Waals surface area (Å²) in [6.45, 7) is 4.27. The van der Waals surface area contributed by atoms with Gasteiger partial charge in [0.05, 0.1) is 32.3 Å². The standard InChI is InChI=1S/C23H27BrN5O8P/c1-3-31-20-17-19(27-22(25)28-20)29(11-26-17)21-23(2)18(32-12-33-23)16(36-21)10-35-38(30)34-8-7-15(37-38)13-5-4-6-14(24)9-13/h4-6,9,11,15-16,18,21H,3,7-8,10,12H2,1-2H3,(H2,25,27,28). The molecule has 38 heavy (non-hydrogen) atoms. The van der Waals surface area contributed by atoms with Crippen molar-refractivity contribution in [2.75, 3.05) is 32.3 Å². The second kappa shape index (κ2) is 10.1. The number of nitrogen functional groups attached to an aromatic ring is 1. The molecule has 13 nitrogen and oxygen atoms in total. The minimum Gasteiger partial charge on any atom is -0.476 e. The van der Waals surface area contributed by atoms with Crippen molar-refractivity contribution in [3.63, 3.8) is 0 Å². The van der Waals surface area contributed by atoms with Gasteiger partial charge in [-0.05, 0) is 31.5 Å². The molecule has 204 valence electrons. The Morgan fingerprint density at radius 2 is 2.21 bits per heavy atom. The van der Waals surface area contributed by atoms with Crippen LogP contribution in [0.3, 0.4) is 0 Å². The SMILES string of the molecule is CCOc1nc(N)nc2c1ncn2C1OC(COP2(=O)OCCC(c3cccc(Br)c3)O2)C2OCOC21C. The predicted octanol–water partition coefficient (Wildman–Crippen LogP) is 3.90. The third-order valence-electron chi connectivity index (χ3n) is 6.76. The molecule has 6 rings (SSSR count). The Bertz CT molecular complexity index is 1390. The Labute approximate surface area is 226 Å². The van der Waals surface area contributed by atoms with Crippen LogP contribution in [-0.4, -0.2) is 63.9 Å². The number of phosphoric ester groups is 1. The second-order valence-corrected chi connectivity index (χ2v) is 11.8. The number of imidazole rings is 1. The lowest BCUT2D eigenvalue weighted by atomic mass is 9.96. The minimum absolute atomic E-state index is 0.0376. The maximum Gasteiger partial charge on any atom is 0.475 e. The third-order valence-corrected chi connectivity index (χ3v) is 8.73. The molecule has 0 bridgehead atoms. The maximum atomic E-state index is 13.4. The normalized spacial score (nSPS) is 33.0. The summed E-state index contributed by atoms with van der Waals surface area (Å²) in [7, 11) is -3.87. The number of phosphoric acid groups is 1. The van der Waals surface area contributed by atoms with Crippen molar-refractivity contribution < 1.29 is 37.1 Å². The second-order valence-electron chi connectivity index (χ2n) is 9.22. The summed E-state index contributed by atoms with van der Waals surface area (Å²) in [6, 6.07) is 7.63. The van der Waals surface area contributed by atoms with Gasteiger partial charge in [0.15, 0.2) is 17.4 Å². The largest absolute Gasteiger partial charge is 0.476 e. The molecule has 2 N–H and O–H groups in total. The van der Waals surface area contributed by atoms with Gasteiger partial charge < -0.3 is 24.7 Å². The monoisotopic (exact) mass is 611 g/mol. The number of rotatable bonds is 7. The fraction of sp³-hybridized carbons (Fsp3) is 0.522. The first-order chi connectivity index (χ1) is 18.3. The topological polar surface area (TPSA) is 151 Å². The lowest BCUT2D eigenvalue weighted by Crippen LogP contribution is -2.42. The van der Waals surface area contributed by atoms with Gasteiger partial charge in [0.2, 0.25) is 11.8 Å². The summed E-state index contributed by atoms with van der Waals surface area (Å²) >= 11 is 3.46. The van der Waals surface area contributed by atoms with Crippen LogP contribution in [0.2, 0.25) is 0 Å². The van der Waals surface area contributed by atoms with Gasteiger partial charge in [0.25, 0.3) is 0 Å². The number of ether oxygens (including phenoxy) is 4. The van der Waals surface area contributed by atoms with Gasteiger partial charge in [-0.15, -0.1) is 0 Å². The third kappa shape index (κ3) is 4.62. The van der Waals surface area contributed by atoms with Crippen molar-refractivity contribution in [2.45, 2.75) is 50.4 Å². The van der Waals surface area contributed by atoms with Crippen LogP contribution in [0.1, 0.15) is 38.2 Å². The number of halogens is 1. The van der Waals surface area contributed by atoms with E-state index in [1.165, 1.54) is 0 Å². The van der Waals surface area contributed by atoms with Crippen molar-refractivity contribution >= 4 is 40.9 Å². The van der Waals surface area contributed by atoms with Crippen LogP contribution in [0.15, 0.2) is 35.1 Å². The molecule has 6 atom stereocenters. The molecular formula is C23H27BrN5O8P. The summed E-state index contributed by atoms with van der Waals surface area (Å²) in [4.78, 5) is 12.9. The summed E-state index contributed by atoms with van der Waals surface area (Å²) in [6.07, 6.45) is -0.209. The molecule has 6 unspecified atom stereocenters. The van der Waals surface area contributed by atoms with Crippen LogP contribution in [0, 0.1) is 0 Å². The molecule has 3 aliphatic heterocycles.